The Morgan fingerprint density at radius 1 is 1.04 bits per heavy atom. The van der Waals surface area contributed by atoms with Crippen LogP contribution < -0.4 is 9.64 Å². The van der Waals surface area contributed by atoms with Crippen LogP contribution in [0.15, 0.2) is 48.8 Å². The number of hydrogen-bond acceptors (Lipinski definition) is 4. The molecule has 1 aromatic carbocycles. The van der Waals surface area contributed by atoms with Crippen LogP contribution in [0.2, 0.25) is 0 Å². The van der Waals surface area contributed by atoms with E-state index in [0.717, 1.165) is 44.8 Å². The molecule has 2 heterocycles. The first-order chi connectivity index (χ1) is 12.3. The largest absolute Gasteiger partial charge is 0.497 e. The number of nitrogens with zero attached hydrogens (tertiary/aromatic N) is 3. The van der Waals surface area contributed by atoms with Crippen molar-refractivity contribution in [1.82, 2.24) is 9.88 Å². The molecule has 0 aliphatic carbocycles. The van der Waals surface area contributed by atoms with Crippen molar-refractivity contribution in [2.75, 3.05) is 38.2 Å². The topological polar surface area (TPSA) is 45.7 Å². The summed E-state index contributed by atoms with van der Waals surface area (Å²) in [6.07, 6.45) is 6.04. The van der Waals surface area contributed by atoms with E-state index in [2.05, 4.69) is 22.0 Å². The molecule has 25 heavy (non-hydrogen) atoms. The fourth-order valence-corrected chi connectivity index (χ4v) is 3.16. The molecule has 0 bridgehead atoms. The number of pyridine rings is 1. The molecule has 3 rings (SSSR count). The number of anilines is 1. The minimum Gasteiger partial charge on any atom is -0.497 e. The quantitative estimate of drug-likeness (QED) is 0.812. The van der Waals surface area contributed by atoms with Gasteiger partial charge in [0.15, 0.2) is 0 Å². The molecule has 0 radical (unpaired) electrons. The van der Waals surface area contributed by atoms with Crippen LogP contribution in [0.3, 0.4) is 0 Å². The van der Waals surface area contributed by atoms with Gasteiger partial charge in [-0.1, -0.05) is 12.1 Å². The number of piperazine rings is 1. The van der Waals surface area contributed by atoms with Gasteiger partial charge in [-0.05, 0) is 42.7 Å². The Labute approximate surface area is 149 Å². The first-order valence-electron chi connectivity index (χ1n) is 8.82. The predicted molar refractivity (Wildman–Crippen MR) is 99.0 cm³/mol. The number of amides is 1. The molecule has 1 aliphatic heterocycles. The van der Waals surface area contributed by atoms with Crippen molar-refractivity contribution in [3.8, 4) is 5.75 Å². The van der Waals surface area contributed by atoms with Gasteiger partial charge in [-0.15, -0.1) is 0 Å². The minimum atomic E-state index is 0.267. The van der Waals surface area contributed by atoms with Crippen molar-refractivity contribution in [2.24, 2.45) is 0 Å². The lowest BCUT2D eigenvalue weighted by atomic mass is 10.1. The summed E-state index contributed by atoms with van der Waals surface area (Å²) in [7, 11) is 1.67. The zero-order valence-corrected chi connectivity index (χ0v) is 14.7. The number of methoxy groups -OCH3 is 1. The molecule has 132 valence electrons. The summed E-state index contributed by atoms with van der Waals surface area (Å²) in [5.74, 6) is 1.13. The van der Waals surface area contributed by atoms with E-state index in [1.165, 1.54) is 11.3 Å². The zero-order valence-electron chi connectivity index (χ0n) is 14.7. The molecule has 0 spiro atoms. The number of ether oxygens (including phenoxy) is 1. The van der Waals surface area contributed by atoms with Gasteiger partial charge in [0.25, 0.3) is 0 Å². The van der Waals surface area contributed by atoms with Crippen LogP contribution in [0.4, 0.5) is 5.69 Å². The van der Waals surface area contributed by atoms with Crippen LogP contribution >= 0.6 is 0 Å². The summed E-state index contributed by atoms with van der Waals surface area (Å²) in [5, 5.41) is 0. The lowest BCUT2D eigenvalue weighted by Crippen LogP contribution is -2.48. The Kier molecular flexibility index (Phi) is 5.88. The van der Waals surface area contributed by atoms with Crippen molar-refractivity contribution in [3.63, 3.8) is 0 Å². The first-order valence-corrected chi connectivity index (χ1v) is 8.82. The Morgan fingerprint density at radius 2 is 1.72 bits per heavy atom. The third kappa shape index (κ3) is 4.72. The van der Waals surface area contributed by atoms with Gasteiger partial charge >= 0.3 is 0 Å². The van der Waals surface area contributed by atoms with Crippen molar-refractivity contribution in [2.45, 2.75) is 19.3 Å². The highest BCUT2D eigenvalue weighted by atomic mass is 16.5. The second-order valence-corrected chi connectivity index (χ2v) is 6.27. The molecule has 2 aromatic rings. The van der Waals surface area contributed by atoms with Crippen molar-refractivity contribution >= 4 is 11.6 Å². The predicted octanol–water partition coefficient (Wildman–Crippen LogP) is 2.76. The molecular formula is C20H25N3O2. The maximum atomic E-state index is 12.4. The molecule has 5 heteroatoms. The second kappa shape index (κ2) is 8.51. The molecule has 5 nitrogen and oxygen atoms in total. The van der Waals surface area contributed by atoms with E-state index < -0.39 is 0 Å². The van der Waals surface area contributed by atoms with E-state index in [-0.39, 0.29) is 5.91 Å². The Bertz CT molecular complexity index is 665. The van der Waals surface area contributed by atoms with Crippen LogP contribution in [0, 0.1) is 0 Å². The maximum Gasteiger partial charge on any atom is 0.222 e. The third-order valence-corrected chi connectivity index (χ3v) is 4.68. The van der Waals surface area contributed by atoms with Gasteiger partial charge in [0.2, 0.25) is 5.91 Å². The van der Waals surface area contributed by atoms with Gasteiger partial charge in [0.05, 0.1) is 7.11 Å². The summed E-state index contributed by atoms with van der Waals surface area (Å²) in [4.78, 5) is 20.8. The number of aromatic nitrogens is 1. The Balaban J connectivity index is 1.40. The van der Waals surface area contributed by atoms with Gasteiger partial charge in [0, 0.05) is 50.7 Å². The van der Waals surface area contributed by atoms with E-state index in [1.54, 1.807) is 7.11 Å². The fraction of sp³-hybridized carbons (Fsp3) is 0.400. The van der Waals surface area contributed by atoms with E-state index in [0.29, 0.717) is 6.42 Å². The van der Waals surface area contributed by atoms with E-state index in [1.807, 2.05) is 41.6 Å². The highest BCUT2D eigenvalue weighted by Crippen LogP contribution is 2.16. The number of rotatable bonds is 6. The summed E-state index contributed by atoms with van der Waals surface area (Å²) in [5.41, 5.74) is 2.43. The number of carbonyl (C=O) groups excluding carboxylic acids is 1. The molecule has 0 unspecified atom stereocenters. The lowest BCUT2D eigenvalue weighted by molar-refractivity contribution is -0.131. The molecule has 0 N–H and O–H groups in total. The molecule has 1 aliphatic rings. The number of aryl methyl sites for hydroxylation is 1. The van der Waals surface area contributed by atoms with Gasteiger partial charge in [-0.2, -0.15) is 0 Å². The van der Waals surface area contributed by atoms with Crippen LogP contribution in [-0.2, 0) is 11.2 Å². The lowest BCUT2D eigenvalue weighted by Gasteiger charge is -2.36. The number of carbonyl (C=O) groups is 1. The van der Waals surface area contributed by atoms with Crippen LogP contribution in [-0.4, -0.2) is 49.1 Å². The zero-order chi connectivity index (χ0) is 17.5. The molecule has 1 aromatic heterocycles. The minimum absolute atomic E-state index is 0.267. The molecule has 1 saturated heterocycles. The smallest absolute Gasteiger partial charge is 0.222 e. The average molecular weight is 339 g/mol. The molecule has 0 atom stereocenters. The number of hydrogen-bond donors (Lipinski definition) is 0. The summed E-state index contributed by atoms with van der Waals surface area (Å²) < 4.78 is 5.16. The molecule has 1 fully saturated rings. The summed E-state index contributed by atoms with van der Waals surface area (Å²) >= 11 is 0. The monoisotopic (exact) mass is 339 g/mol. The Hall–Kier alpha value is -2.56. The molecule has 1 amide bonds. The SMILES string of the molecule is COc1ccc(CCCC(=O)N2CCN(c3ccncc3)CC2)cc1. The van der Waals surface area contributed by atoms with Gasteiger partial charge in [-0.3, -0.25) is 9.78 Å². The Morgan fingerprint density at radius 3 is 2.36 bits per heavy atom. The number of benzene rings is 1. The van der Waals surface area contributed by atoms with Gasteiger partial charge < -0.3 is 14.5 Å². The fourth-order valence-electron chi connectivity index (χ4n) is 3.16. The standard InChI is InChI=1S/C20H25N3O2/c1-25-19-7-5-17(6-8-19)3-2-4-20(24)23-15-13-22(14-16-23)18-9-11-21-12-10-18/h5-12H,2-4,13-16H2,1H3. The highest BCUT2D eigenvalue weighted by Gasteiger charge is 2.20. The maximum absolute atomic E-state index is 12.4. The molecular weight excluding hydrogens is 314 g/mol. The first kappa shape index (κ1) is 17.3. The summed E-state index contributed by atoms with van der Waals surface area (Å²) in [6, 6.07) is 12.1. The van der Waals surface area contributed by atoms with Crippen LogP contribution in [0.5, 0.6) is 5.75 Å². The normalized spacial score (nSPS) is 14.4. The second-order valence-electron chi connectivity index (χ2n) is 6.27. The van der Waals surface area contributed by atoms with E-state index >= 15 is 0 Å². The van der Waals surface area contributed by atoms with Gasteiger partial charge in [0.1, 0.15) is 5.75 Å². The molecule has 0 saturated carbocycles. The van der Waals surface area contributed by atoms with Crippen molar-refractivity contribution in [3.05, 3.63) is 54.4 Å². The highest BCUT2D eigenvalue weighted by molar-refractivity contribution is 5.76. The third-order valence-electron chi connectivity index (χ3n) is 4.68. The summed E-state index contributed by atoms with van der Waals surface area (Å²) in [6.45, 7) is 3.36. The van der Waals surface area contributed by atoms with Crippen molar-refractivity contribution in [1.29, 1.82) is 0 Å². The van der Waals surface area contributed by atoms with Gasteiger partial charge in [-0.25, -0.2) is 0 Å². The van der Waals surface area contributed by atoms with E-state index in [4.69, 9.17) is 4.74 Å². The van der Waals surface area contributed by atoms with Crippen LogP contribution in [0.25, 0.3) is 0 Å². The van der Waals surface area contributed by atoms with Crippen LogP contribution in [0.1, 0.15) is 18.4 Å². The van der Waals surface area contributed by atoms with Crippen molar-refractivity contribution < 1.29 is 9.53 Å². The van der Waals surface area contributed by atoms with E-state index in [9.17, 15) is 4.79 Å². The average Bonchev–Trinajstić information content (AvgIpc) is 2.69.